The summed E-state index contributed by atoms with van der Waals surface area (Å²) in [4.78, 5) is 8.75. The van der Waals surface area contributed by atoms with Gasteiger partial charge in [-0.25, -0.2) is 17.1 Å². The van der Waals surface area contributed by atoms with Gasteiger partial charge in [0.25, 0.3) is 0 Å². The molecule has 0 aromatic heterocycles. The lowest BCUT2D eigenvalue weighted by atomic mass is 10.2. The summed E-state index contributed by atoms with van der Waals surface area (Å²) >= 11 is 0. The highest BCUT2D eigenvalue weighted by atomic mass is 127. The molecule has 2 aromatic carbocycles. The normalized spacial score (nSPS) is 15.1. The van der Waals surface area contributed by atoms with Crippen molar-refractivity contribution in [2.45, 2.75) is 11.4 Å². The monoisotopic (exact) mass is 561 g/mol. The van der Waals surface area contributed by atoms with E-state index in [-0.39, 0.29) is 34.7 Å². The number of sulfonamides is 1. The summed E-state index contributed by atoms with van der Waals surface area (Å²) in [7, 11) is 1.21. The predicted molar refractivity (Wildman–Crippen MR) is 133 cm³/mol. The van der Waals surface area contributed by atoms with Crippen LogP contribution in [0.3, 0.4) is 0 Å². The zero-order valence-electron chi connectivity index (χ0n) is 18.0. The highest BCUT2D eigenvalue weighted by molar-refractivity contribution is 14.0. The number of benzene rings is 2. The Hall–Kier alpha value is -1.92. The fourth-order valence-electron chi connectivity index (χ4n) is 3.47. The van der Waals surface area contributed by atoms with Crippen LogP contribution in [0.2, 0.25) is 0 Å². The van der Waals surface area contributed by atoms with E-state index < -0.39 is 10.0 Å². The van der Waals surface area contributed by atoms with Crippen LogP contribution < -0.4 is 10.2 Å². The van der Waals surface area contributed by atoms with Crippen LogP contribution in [0.15, 0.2) is 58.4 Å². The highest BCUT2D eigenvalue weighted by Crippen LogP contribution is 2.21. The van der Waals surface area contributed by atoms with E-state index in [2.05, 4.69) is 15.2 Å². The van der Waals surface area contributed by atoms with Crippen LogP contribution in [0.5, 0.6) is 0 Å². The van der Waals surface area contributed by atoms with Crippen molar-refractivity contribution in [2.75, 3.05) is 52.2 Å². The topological polar surface area (TPSA) is 68.2 Å². The van der Waals surface area contributed by atoms with E-state index in [1.807, 2.05) is 17.0 Å². The van der Waals surface area contributed by atoms with E-state index in [0.29, 0.717) is 49.9 Å². The number of anilines is 1. The van der Waals surface area contributed by atoms with E-state index in [1.165, 1.54) is 24.5 Å². The Kier molecular flexibility index (Phi) is 9.07. The molecular weight excluding hydrogens is 532 g/mol. The summed E-state index contributed by atoms with van der Waals surface area (Å²) in [5.41, 5.74) is 1.29. The zero-order chi connectivity index (χ0) is 21.7. The van der Waals surface area contributed by atoms with Gasteiger partial charge in [0.05, 0.1) is 10.6 Å². The number of nitrogens with zero attached hydrogens (tertiary/aromatic N) is 4. The van der Waals surface area contributed by atoms with Crippen LogP contribution >= 0.6 is 24.0 Å². The lowest BCUT2D eigenvalue weighted by Crippen LogP contribution is -2.52. The van der Waals surface area contributed by atoms with E-state index in [1.54, 1.807) is 37.4 Å². The van der Waals surface area contributed by atoms with Crippen molar-refractivity contribution < 1.29 is 12.8 Å². The number of aliphatic imine (C=N–C) groups is 1. The Morgan fingerprint density at radius 1 is 1.06 bits per heavy atom. The third-order valence-electron chi connectivity index (χ3n) is 5.15. The van der Waals surface area contributed by atoms with E-state index in [0.717, 1.165) is 0 Å². The van der Waals surface area contributed by atoms with Gasteiger partial charge in [-0.2, -0.15) is 0 Å². The van der Waals surface area contributed by atoms with Gasteiger partial charge in [-0.3, -0.25) is 4.99 Å². The molecule has 3 rings (SSSR count). The minimum Gasteiger partial charge on any atom is -0.366 e. The molecule has 1 N–H and O–H groups in total. The summed E-state index contributed by atoms with van der Waals surface area (Å²) in [5.74, 6) is 0.479. The van der Waals surface area contributed by atoms with Gasteiger partial charge in [-0.15, -0.1) is 24.0 Å². The van der Waals surface area contributed by atoms with Crippen molar-refractivity contribution in [3.63, 3.8) is 0 Å². The zero-order valence-corrected chi connectivity index (χ0v) is 21.1. The fourth-order valence-corrected chi connectivity index (χ4v) is 4.59. The maximum atomic E-state index is 14.1. The first kappa shape index (κ1) is 25.3. The number of para-hydroxylation sites is 1. The number of hydrogen-bond donors (Lipinski definition) is 1. The van der Waals surface area contributed by atoms with E-state index >= 15 is 0 Å². The SMILES string of the molecule is CN=C(NCc1ccccc1S(=O)(=O)N(C)C)N1CCN(c2ccccc2F)CC1.I. The van der Waals surface area contributed by atoms with Crippen molar-refractivity contribution in [3.8, 4) is 0 Å². The molecule has 31 heavy (non-hydrogen) atoms. The first-order chi connectivity index (χ1) is 14.3. The van der Waals surface area contributed by atoms with Crippen molar-refractivity contribution >= 4 is 45.6 Å². The van der Waals surface area contributed by atoms with Crippen LogP contribution in [0.25, 0.3) is 0 Å². The summed E-state index contributed by atoms with van der Waals surface area (Å²) in [6, 6.07) is 13.7. The number of rotatable bonds is 5. The molecule has 1 fully saturated rings. The van der Waals surface area contributed by atoms with Crippen LogP contribution in [0, 0.1) is 5.82 Å². The summed E-state index contributed by atoms with van der Waals surface area (Å²) in [6.07, 6.45) is 0. The second-order valence-corrected chi connectivity index (χ2v) is 9.34. The Bertz CT molecular complexity index is 1010. The molecule has 10 heteroatoms. The van der Waals surface area contributed by atoms with Crippen LogP contribution in [0.4, 0.5) is 10.1 Å². The van der Waals surface area contributed by atoms with E-state index in [4.69, 9.17) is 0 Å². The lowest BCUT2D eigenvalue weighted by molar-refractivity contribution is 0.370. The molecule has 1 saturated heterocycles. The lowest BCUT2D eigenvalue weighted by Gasteiger charge is -2.37. The number of guanidine groups is 1. The molecule has 1 aliphatic heterocycles. The largest absolute Gasteiger partial charge is 0.366 e. The molecule has 0 spiro atoms. The number of nitrogens with one attached hydrogen (secondary N) is 1. The molecule has 1 aliphatic rings. The number of hydrogen-bond acceptors (Lipinski definition) is 4. The molecular formula is C21H29FIN5O2S. The van der Waals surface area contributed by atoms with Crippen molar-refractivity contribution in [1.29, 1.82) is 0 Å². The molecule has 0 unspecified atom stereocenters. The Morgan fingerprint density at radius 3 is 2.29 bits per heavy atom. The quantitative estimate of drug-likeness (QED) is 0.346. The second-order valence-electron chi connectivity index (χ2n) is 7.22. The van der Waals surface area contributed by atoms with Gasteiger partial charge in [0.2, 0.25) is 10.0 Å². The maximum Gasteiger partial charge on any atom is 0.242 e. The average molecular weight is 561 g/mol. The summed E-state index contributed by atoms with van der Waals surface area (Å²) in [6.45, 7) is 3.06. The molecule has 0 aliphatic carbocycles. The predicted octanol–water partition coefficient (Wildman–Crippen LogP) is 2.59. The van der Waals surface area contributed by atoms with Gasteiger partial charge < -0.3 is 15.1 Å². The van der Waals surface area contributed by atoms with Crippen LogP contribution in [0.1, 0.15) is 5.56 Å². The molecule has 2 aromatic rings. The Morgan fingerprint density at radius 2 is 1.68 bits per heavy atom. The fraction of sp³-hybridized carbons (Fsp3) is 0.381. The molecule has 0 atom stereocenters. The Labute approximate surface area is 201 Å². The van der Waals surface area contributed by atoms with Crippen LogP contribution in [-0.4, -0.2) is 70.9 Å². The smallest absolute Gasteiger partial charge is 0.242 e. The molecule has 0 radical (unpaired) electrons. The molecule has 0 saturated carbocycles. The molecule has 170 valence electrons. The van der Waals surface area contributed by atoms with Gasteiger partial charge >= 0.3 is 0 Å². The third-order valence-corrected chi connectivity index (χ3v) is 7.07. The first-order valence-electron chi connectivity index (χ1n) is 9.80. The second kappa shape index (κ2) is 11.1. The van der Waals surface area contributed by atoms with Crippen molar-refractivity contribution in [3.05, 3.63) is 59.9 Å². The van der Waals surface area contributed by atoms with Gasteiger partial charge in [0.15, 0.2) is 5.96 Å². The van der Waals surface area contributed by atoms with Gasteiger partial charge in [-0.05, 0) is 23.8 Å². The highest BCUT2D eigenvalue weighted by Gasteiger charge is 2.23. The minimum atomic E-state index is -3.53. The number of piperazine rings is 1. The Balaban J connectivity index is 0.00000341. The third kappa shape index (κ3) is 5.86. The molecule has 0 amide bonds. The van der Waals surface area contributed by atoms with E-state index in [9.17, 15) is 12.8 Å². The molecule has 0 bridgehead atoms. The minimum absolute atomic E-state index is 0. The molecule has 1 heterocycles. The van der Waals surface area contributed by atoms with Gasteiger partial charge in [-0.1, -0.05) is 30.3 Å². The first-order valence-corrected chi connectivity index (χ1v) is 11.2. The average Bonchev–Trinajstić information content (AvgIpc) is 2.75. The molecule has 7 nitrogen and oxygen atoms in total. The maximum absolute atomic E-state index is 14.1. The van der Waals surface area contributed by atoms with Gasteiger partial charge in [0, 0.05) is 53.9 Å². The van der Waals surface area contributed by atoms with Crippen molar-refractivity contribution in [1.82, 2.24) is 14.5 Å². The van der Waals surface area contributed by atoms with Gasteiger partial charge in [0.1, 0.15) is 5.82 Å². The summed E-state index contributed by atoms with van der Waals surface area (Å²) in [5, 5.41) is 3.27. The number of halogens is 2. The van der Waals surface area contributed by atoms with Crippen LogP contribution in [-0.2, 0) is 16.6 Å². The van der Waals surface area contributed by atoms with Crippen molar-refractivity contribution in [2.24, 2.45) is 4.99 Å². The standard InChI is InChI=1S/C21H28FN5O2S.HI/c1-23-21(24-16-17-8-4-7-11-20(17)30(28,29)25(2)3)27-14-12-26(13-15-27)19-10-6-5-9-18(19)22;/h4-11H,12-16H2,1-3H3,(H,23,24);1H. The summed E-state index contributed by atoms with van der Waals surface area (Å²) < 4.78 is 40.4.